The van der Waals surface area contributed by atoms with Gasteiger partial charge in [-0.15, -0.1) is 0 Å². The summed E-state index contributed by atoms with van der Waals surface area (Å²) in [5.41, 5.74) is 5.26. The molecule has 0 saturated carbocycles. The van der Waals surface area contributed by atoms with Crippen molar-refractivity contribution in [3.05, 3.63) is 65.6 Å². The summed E-state index contributed by atoms with van der Waals surface area (Å²) in [6.07, 6.45) is 8.17. The molecule has 0 amide bonds. The van der Waals surface area contributed by atoms with Crippen LogP contribution in [0, 0.1) is 0 Å². The van der Waals surface area contributed by atoms with Crippen LogP contribution in [0.4, 0.5) is 0 Å². The second kappa shape index (κ2) is 8.05. The van der Waals surface area contributed by atoms with Crippen LogP contribution in [0.15, 0.2) is 48.9 Å². The van der Waals surface area contributed by atoms with Crippen LogP contribution in [0.3, 0.4) is 0 Å². The summed E-state index contributed by atoms with van der Waals surface area (Å²) in [5.74, 6) is 1.65. The minimum absolute atomic E-state index is 0.596. The van der Waals surface area contributed by atoms with Gasteiger partial charge < -0.3 is 9.64 Å². The number of nitrogens with zero attached hydrogens (tertiary/aromatic N) is 3. The van der Waals surface area contributed by atoms with Crippen LogP contribution in [0.5, 0.6) is 5.75 Å². The second-order valence-corrected chi connectivity index (χ2v) is 7.55. The summed E-state index contributed by atoms with van der Waals surface area (Å²) >= 11 is 0. The number of fused-ring (bicyclic) bond motifs is 2. The van der Waals surface area contributed by atoms with E-state index >= 15 is 0 Å². The first kappa shape index (κ1) is 17.9. The van der Waals surface area contributed by atoms with Gasteiger partial charge in [0.15, 0.2) is 0 Å². The Morgan fingerprint density at radius 1 is 1.22 bits per heavy atom. The molecule has 0 fully saturated rings. The summed E-state index contributed by atoms with van der Waals surface area (Å²) in [6.45, 7) is 2.14. The first-order valence-electron chi connectivity index (χ1n) is 9.77. The zero-order valence-electron chi connectivity index (χ0n) is 16.2. The molecule has 140 valence electrons. The molecule has 1 aliphatic carbocycles. The maximum atomic E-state index is 5.58. The maximum absolute atomic E-state index is 5.58. The first-order chi connectivity index (χ1) is 13.2. The van der Waals surface area contributed by atoms with Crippen molar-refractivity contribution < 1.29 is 4.74 Å². The third kappa shape index (κ3) is 3.96. The molecular weight excluding hydrogens is 334 g/mol. The normalized spacial score (nSPS) is 16.5. The lowest BCUT2D eigenvalue weighted by Crippen LogP contribution is -2.28. The lowest BCUT2D eigenvalue weighted by molar-refractivity contribution is 0.299. The Morgan fingerprint density at radius 2 is 2.15 bits per heavy atom. The number of hydrogen-bond acceptors (Lipinski definition) is 4. The van der Waals surface area contributed by atoms with Gasteiger partial charge in [0.25, 0.3) is 0 Å². The highest BCUT2D eigenvalue weighted by Crippen LogP contribution is 2.36. The molecule has 2 aromatic carbocycles. The molecule has 1 heterocycles. The summed E-state index contributed by atoms with van der Waals surface area (Å²) in [7, 11) is 4.01. The van der Waals surface area contributed by atoms with Gasteiger partial charge in [0, 0.05) is 24.7 Å². The Morgan fingerprint density at radius 3 is 3.04 bits per heavy atom. The van der Waals surface area contributed by atoms with Crippen molar-refractivity contribution in [2.24, 2.45) is 0 Å². The quantitative estimate of drug-likeness (QED) is 0.658. The highest BCUT2D eigenvalue weighted by atomic mass is 16.5. The number of aromatic nitrogens is 2. The fraction of sp³-hybridized carbons (Fsp3) is 0.391. The minimum Gasteiger partial charge on any atom is -0.496 e. The van der Waals surface area contributed by atoms with Crippen molar-refractivity contribution in [2.45, 2.75) is 31.6 Å². The van der Waals surface area contributed by atoms with E-state index in [0.29, 0.717) is 5.92 Å². The third-order valence-corrected chi connectivity index (χ3v) is 5.69. The van der Waals surface area contributed by atoms with Crippen LogP contribution in [0.1, 0.15) is 35.4 Å². The van der Waals surface area contributed by atoms with Gasteiger partial charge >= 0.3 is 0 Å². The maximum Gasteiger partial charge on any atom is 0.122 e. The Hall–Kier alpha value is -2.46. The van der Waals surface area contributed by atoms with E-state index in [-0.39, 0.29) is 0 Å². The van der Waals surface area contributed by atoms with Crippen molar-refractivity contribution in [2.75, 3.05) is 27.2 Å². The van der Waals surface area contributed by atoms with Crippen LogP contribution in [-0.2, 0) is 12.8 Å². The van der Waals surface area contributed by atoms with Gasteiger partial charge in [-0.2, -0.15) is 0 Å². The van der Waals surface area contributed by atoms with Crippen LogP contribution < -0.4 is 4.74 Å². The number of methoxy groups -OCH3 is 1. The molecule has 0 aliphatic heterocycles. The van der Waals surface area contributed by atoms with Crippen molar-refractivity contribution in [1.82, 2.24) is 14.9 Å². The first-order valence-corrected chi connectivity index (χ1v) is 9.77. The molecule has 4 heteroatoms. The molecule has 0 radical (unpaired) electrons. The Balaban J connectivity index is 1.40. The van der Waals surface area contributed by atoms with E-state index in [9.17, 15) is 0 Å². The monoisotopic (exact) mass is 361 g/mol. The van der Waals surface area contributed by atoms with Gasteiger partial charge in [-0.05, 0) is 67.5 Å². The topological polar surface area (TPSA) is 38.2 Å². The molecule has 1 aromatic heterocycles. The fourth-order valence-electron chi connectivity index (χ4n) is 4.26. The van der Waals surface area contributed by atoms with Crippen LogP contribution >= 0.6 is 0 Å². The van der Waals surface area contributed by atoms with E-state index in [1.54, 1.807) is 13.4 Å². The van der Waals surface area contributed by atoms with Gasteiger partial charge in [-0.3, -0.25) is 0 Å². The zero-order chi connectivity index (χ0) is 18.6. The fourth-order valence-corrected chi connectivity index (χ4v) is 4.26. The number of rotatable bonds is 6. The smallest absolute Gasteiger partial charge is 0.122 e. The molecule has 0 N–H and O–H groups in total. The van der Waals surface area contributed by atoms with E-state index in [1.807, 2.05) is 6.20 Å². The summed E-state index contributed by atoms with van der Waals surface area (Å²) in [4.78, 5) is 10.9. The number of hydrogen-bond donors (Lipinski definition) is 0. The van der Waals surface area contributed by atoms with Gasteiger partial charge in [0.05, 0.1) is 12.6 Å². The summed E-state index contributed by atoms with van der Waals surface area (Å²) in [5, 5.41) is 1.10. The minimum atomic E-state index is 0.596. The average Bonchev–Trinajstić information content (AvgIpc) is 2.72. The number of likely N-dealkylation sites (N-methyl/N-ethyl adjacent to an activating group) is 1. The third-order valence-electron chi connectivity index (χ3n) is 5.69. The van der Waals surface area contributed by atoms with E-state index < -0.39 is 0 Å². The van der Waals surface area contributed by atoms with E-state index in [2.05, 4.69) is 58.3 Å². The van der Waals surface area contributed by atoms with Crippen molar-refractivity contribution in [3.63, 3.8) is 0 Å². The van der Waals surface area contributed by atoms with Crippen LogP contribution in [-0.4, -0.2) is 42.1 Å². The number of benzene rings is 2. The molecule has 1 atom stereocenters. The average molecular weight is 361 g/mol. The standard InChI is InChI=1S/C23H27N3O/c1-26(12-11-17-9-10-18-14-24-16-25-22(18)13-17)15-19-5-3-7-21-20(19)6-4-8-23(21)27-2/h4,6,8-10,13-14,16,19H,3,5,7,11-12,15H2,1-2H3. The van der Waals surface area contributed by atoms with Crippen molar-refractivity contribution in [1.29, 1.82) is 0 Å². The molecule has 3 aromatic rings. The number of ether oxygens (including phenoxy) is 1. The molecule has 4 rings (SSSR count). The van der Waals surface area contributed by atoms with Gasteiger partial charge in [-0.25, -0.2) is 9.97 Å². The SMILES string of the molecule is COc1cccc2c1CCCC2CN(C)CCc1ccc2cncnc2c1. The highest BCUT2D eigenvalue weighted by molar-refractivity contribution is 5.77. The molecule has 1 aliphatic rings. The molecule has 27 heavy (non-hydrogen) atoms. The predicted octanol–water partition coefficient (Wildman–Crippen LogP) is 4.23. The van der Waals surface area contributed by atoms with Crippen LogP contribution in [0.2, 0.25) is 0 Å². The Kier molecular flexibility index (Phi) is 5.35. The van der Waals surface area contributed by atoms with E-state index in [4.69, 9.17) is 4.74 Å². The van der Waals surface area contributed by atoms with Crippen molar-refractivity contribution in [3.8, 4) is 5.75 Å². The second-order valence-electron chi connectivity index (χ2n) is 7.55. The van der Waals surface area contributed by atoms with Gasteiger partial charge in [0.2, 0.25) is 0 Å². The molecule has 0 spiro atoms. The lowest BCUT2D eigenvalue weighted by Gasteiger charge is -2.30. The molecule has 1 unspecified atom stereocenters. The Labute approximate surface area is 161 Å². The molecule has 0 saturated heterocycles. The zero-order valence-corrected chi connectivity index (χ0v) is 16.2. The van der Waals surface area contributed by atoms with E-state index in [0.717, 1.165) is 42.6 Å². The van der Waals surface area contributed by atoms with E-state index in [1.165, 1.54) is 29.5 Å². The van der Waals surface area contributed by atoms with Gasteiger partial charge in [0.1, 0.15) is 12.1 Å². The molecule has 4 nitrogen and oxygen atoms in total. The van der Waals surface area contributed by atoms with Gasteiger partial charge in [-0.1, -0.05) is 24.3 Å². The van der Waals surface area contributed by atoms with Crippen LogP contribution in [0.25, 0.3) is 10.9 Å². The predicted molar refractivity (Wildman–Crippen MR) is 109 cm³/mol. The summed E-state index contributed by atoms with van der Waals surface area (Å²) in [6, 6.07) is 13.0. The Bertz CT molecular complexity index is 924. The largest absolute Gasteiger partial charge is 0.496 e. The van der Waals surface area contributed by atoms with Crippen molar-refractivity contribution >= 4 is 10.9 Å². The molecule has 0 bridgehead atoms. The lowest BCUT2D eigenvalue weighted by atomic mass is 9.82. The molecular formula is C23H27N3O. The summed E-state index contributed by atoms with van der Waals surface area (Å²) < 4.78 is 5.58. The highest BCUT2D eigenvalue weighted by Gasteiger charge is 2.23.